The second-order valence-corrected chi connectivity index (χ2v) is 16.3. The lowest BCUT2D eigenvalue weighted by Gasteiger charge is -2.41. The molecule has 11 nitrogen and oxygen atoms in total. The van der Waals surface area contributed by atoms with Crippen molar-refractivity contribution in [1.82, 2.24) is 14.9 Å². The Hall–Kier alpha value is -5.01. The van der Waals surface area contributed by atoms with Crippen LogP contribution >= 0.6 is 0 Å². The van der Waals surface area contributed by atoms with E-state index in [4.69, 9.17) is 14.2 Å². The number of likely N-dealkylation sites (tertiary alicyclic amines) is 1. The van der Waals surface area contributed by atoms with E-state index in [9.17, 15) is 49.1 Å². The van der Waals surface area contributed by atoms with Gasteiger partial charge in [0.05, 0.1) is 65.8 Å². The van der Waals surface area contributed by atoms with Gasteiger partial charge in [0, 0.05) is 38.6 Å². The maximum absolute atomic E-state index is 14.1. The van der Waals surface area contributed by atoms with Gasteiger partial charge in [0.1, 0.15) is 5.60 Å². The number of ether oxygens (including phenoxy) is 3. The van der Waals surface area contributed by atoms with Crippen LogP contribution in [0.1, 0.15) is 92.9 Å². The molecule has 3 aliphatic rings. The molecule has 1 N–H and O–H groups in total. The number of nitrogens with one attached hydrogen (secondary N) is 1. The van der Waals surface area contributed by atoms with Gasteiger partial charge in [0.2, 0.25) is 5.95 Å². The lowest BCUT2D eigenvalue weighted by atomic mass is 9.89. The fraction of sp³-hybridized carbons (Fsp3) is 0.561. The van der Waals surface area contributed by atoms with E-state index in [0.717, 1.165) is 12.1 Å². The minimum Gasteiger partial charge on any atom is -0.449 e. The summed E-state index contributed by atoms with van der Waals surface area (Å²) in [4.78, 5) is 40.0. The highest BCUT2D eigenvalue weighted by molar-refractivity contribution is 5.90. The molecule has 20 heteroatoms. The third-order valence-electron chi connectivity index (χ3n) is 10.8. The largest absolute Gasteiger partial charge is 0.449 e. The lowest BCUT2D eigenvalue weighted by molar-refractivity contribution is -0.143. The molecule has 0 aliphatic carbocycles. The highest BCUT2D eigenvalue weighted by Gasteiger charge is 2.41. The van der Waals surface area contributed by atoms with Gasteiger partial charge >= 0.3 is 30.7 Å². The smallest absolute Gasteiger partial charge is 0.416 e. The number of amides is 2. The quantitative estimate of drug-likeness (QED) is 0.221. The number of aromatic nitrogens is 2. The monoisotopic (exact) mass is 874 g/mol. The number of benzene rings is 2. The first kappa shape index (κ1) is 45.5. The van der Waals surface area contributed by atoms with Crippen LogP contribution in [0.25, 0.3) is 0 Å². The molecule has 2 saturated heterocycles. The predicted molar refractivity (Wildman–Crippen MR) is 205 cm³/mol. The molecule has 2 fully saturated rings. The Morgan fingerprint density at radius 1 is 0.820 bits per heavy atom. The van der Waals surface area contributed by atoms with Crippen LogP contribution in [0.4, 0.5) is 66.4 Å². The van der Waals surface area contributed by atoms with E-state index in [1.54, 1.807) is 37.5 Å². The van der Waals surface area contributed by atoms with Gasteiger partial charge in [-0.25, -0.2) is 19.6 Å². The van der Waals surface area contributed by atoms with E-state index in [0.29, 0.717) is 63.3 Å². The minimum absolute atomic E-state index is 0.00796. The molecular formula is C41H47F9N6O5. The number of morpholine rings is 1. The zero-order valence-electron chi connectivity index (χ0n) is 33.9. The average Bonchev–Trinajstić information content (AvgIpc) is 3.18. The number of hydrogen-bond acceptors (Lipinski definition) is 9. The molecular weight excluding hydrogens is 827 g/mol. The standard InChI is InChI=1S/C41H47F9N6O5/c1-5-29-21-31(30-20-26(39(42,43)44)6-7-33(30)56(29)37(58)60-23-24-8-10-55(11-9-24)36(57)61-38(2,3)4)52-35-51-22-34(54-12-14-59-15-13-54)32(53-35)18-25-16-27(40(45,46)47)19-28(17-25)41(48,49)50/h6-7,16-17,19-20,22,24,29,31H,5,8-15,18,21,23H2,1-4H3,(H,51,52,53). The fourth-order valence-electron chi connectivity index (χ4n) is 7.68. The van der Waals surface area contributed by atoms with Crippen LogP contribution < -0.4 is 15.1 Å². The Labute approximate surface area is 346 Å². The number of fused-ring (bicyclic) bond motifs is 1. The van der Waals surface area contributed by atoms with Crippen molar-refractivity contribution in [2.24, 2.45) is 5.92 Å². The molecule has 61 heavy (non-hydrogen) atoms. The lowest BCUT2D eigenvalue weighted by Crippen LogP contribution is -2.47. The highest BCUT2D eigenvalue weighted by Crippen LogP contribution is 2.44. The first-order valence-corrected chi connectivity index (χ1v) is 19.9. The first-order valence-electron chi connectivity index (χ1n) is 19.9. The fourth-order valence-corrected chi connectivity index (χ4v) is 7.68. The Morgan fingerprint density at radius 3 is 2.02 bits per heavy atom. The van der Waals surface area contributed by atoms with E-state index in [-0.39, 0.29) is 66.7 Å². The van der Waals surface area contributed by atoms with Crippen LogP contribution in [0.2, 0.25) is 0 Å². The summed E-state index contributed by atoms with van der Waals surface area (Å²) in [6, 6.07) is 2.71. The SMILES string of the molecule is CCC1CC(Nc2ncc(N3CCOCC3)c(Cc3cc(C(F)(F)F)cc(C(F)(F)F)c3)n2)c2cc(C(F)(F)F)ccc2N1C(=O)OCC1CCN(C(=O)OC(C)(C)C)CC1. The van der Waals surface area contributed by atoms with Crippen molar-refractivity contribution in [2.75, 3.05) is 61.1 Å². The van der Waals surface area contributed by atoms with Crippen LogP contribution in [0.15, 0.2) is 42.6 Å². The molecule has 1 aromatic heterocycles. The number of halogens is 9. The molecule has 4 heterocycles. The van der Waals surface area contributed by atoms with E-state index < -0.39 is 71.5 Å². The van der Waals surface area contributed by atoms with Gasteiger partial charge in [-0.05, 0) is 99.9 Å². The third kappa shape index (κ3) is 11.3. The summed E-state index contributed by atoms with van der Waals surface area (Å²) >= 11 is 0. The molecule has 3 aromatic rings. The zero-order valence-corrected chi connectivity index (χ0v) is 33.9. The van der Waals surface area contributed by atoms with E-state index >= 15 is 0 Å². The van der Waals surface area contributed by atoms with Crippen LogP contribution in [0, 0.1) is 5.92 Å². The molecule has 2 aromatic carbocycles. The minimum atomic E-state index is -5.08. The summed E-state index contributed by atoms with van der Waals surface area (Å²) in [5, 5.41) is 3.06. The van der Waals surface area contributed by atoms with Crippen LogP contribution in [-0.4, -0.2) is 84.7 Å². The van der Waals surface area contributed by atoms with Crippen LogP contribution in [-0.2, 0) is 39.2 Å². The predicted octanol–water partition coefficient (Wildman–Crippen LogP) is 9.89. The Morgan fingerprint density at radius 2 is 1.44 bits per heavy atom. The highest BCUT2D eigenvalue weighted by atomic mass is 19.4. The van der Waals surface area contributed by atoms with Crippen molar-refractivity contribution < 1.29 is 63.3 Å². The number of alkyl halides is 9. The van der Waals surface area contributed by atoms with Crippen molar-refractivity contribution in [2.45, 2.75) is 96.0 Å². The summed E-state index contributed by atoms with van der Waals surface area (Å²) in [7, 11) is 0. The first-order chi connectivity index (χ1) is 28.5. The number of carbonyl (C=O) groups excluding carboxylic acids is 2. The van der Waals surface area contributed by atoms with Gasteiger partial charge in [-0.15, -0.1) is 0 Å². The average molecular weight is 875 g/mol. The Bertz CT molecular complexity index is 2010. The van der Waals surface area contributed by atoms with Gasteiger partial charge in [-0.3, -0.25) is 4.90 Å². The summed E-state index contributed by atoms with van der Waals surface area (Å²) < 4.78 is 142. The number of rotatable bonds is 8. The second kappa shape index (κ2) is 17.8. The summed E-state index contributed by atoms with van der Waals surface area (Å²) in [6.45, 7) is 9.10. The summed E-state index contributed by atoms with van der Waals surface area (Å²) in [5.74, 6) is -0.233. The van der Waals surface area contributed by atoms with Crippen molar-refractivity contribution in [1.29, 1.82) is 0 Å². The number of anilines is 3. The Kier molecular flexibility index (Phi) is 13.3. The number of hydrogen-bond donors (Lipinski definition) is 1. The van der Waals surface area contributed by atoms with E-state index in [1.807, 2.05) is 0 Å². The van der Waals surface area contributed by atoms with Crippen molar-refractivity contribution in [3.05, 3.63) is 76.1 Å². The van der Waals surface area contributed by atoms with Gasteiger partial charge in [-0.1, -0.05) is 6.92 Å². The molecule has 2 amide bonds. The van der Waals surface area contributed by atoms with E-state index in [1.165, 1.54) is 17.2 Å². The van der Waals surface area contributed by atoms with E-state index in [2.05, 4.69) is 15.3 Å². The second-order valence-electron chi connectivity index (χ2n) is 16.3. The van der Waals surface area contributed by atoms with Gasteiger partial charge in [0.15, 0.2) is 0 Å². The van der Waals surface area contributed by atoms with Crippen molar-refractivity contribution in [3.63, 3.8) is 0 Å². The summed E-state index contributed by atoms with van der Waals surface area (Å²) in [6.07, 6.45) is -13.8. The third-order valence-corrected chi connectivity index (χ3v) is 10.8. The van der Waals surface area contributed by atoms with Gasteiger partial charge in [0.25, 0.3) is 0 Å². The zero-order chi connectivity index (χ0) is 44.5. The molecule has 2 atom stereocenters. The van der Waals surface area contributed by atoms with Gasteiger partial charge in [-0.2, -0.15) is 39.5 Å². The maximum atomic E-state index is 14.1. The molecule has 0 bridgehead atoms. The molecule has 334 valence electrons. The Balaban J connectivity index is 1.28. The number of piperidine rings is 1. The molecule has 0 saturated carbocycles. The van der Waals surface area contributed by atoms with Crippen molar-refractivity contribution in [3.8, 4) is 0 Å². The molecule has 0 spiro atoms. The van der Waals surface area contributed by atoms with Crippen molar-refractivity contribution >= 4 is 29.5 Å². The molecule has 6 rings (SSSR count). The van der Waals surface area contributed by atoms with Crippen LogP contribution in [0.5, 0.6) is 0 Å². The maximum Gasteiger partial charge on any atom is 0.416 e. The normalized spacial score (nSPS) is 19.4. The molecule has 3 aliphatic heterocycles. The van der Waals surface area contributed by atoms with Crippen LogP contribution in [0.3, 0.4) is 0 Å². The number of nitrogens with zero attached hydrogens (tertiary/aromatic N) is 5. The van der Waals surface area contributed by atoms with Gasteiger partial charge < -0.3 is 29.3 Å². The molecule has 2 unspecified atom stereocenters. The molecule has 0 radical (unpaired) electrons. The summed E-state index contributed by atoms with van der Waals surface area (Å²) in [5.41, 5.74) is -4.35. The number of carbonyl (C=O) groups is 2. The topological polar surface area (TPSA) is 109 Å².